The van der Waals surface area contributed by atoms with Crippen LogP contribution in [0.3, 0.4) is 0 Å². The Hall–Kier alpha value is -1.15. The highest BCUT2D eigenvalue weighted by Crippen LogP contribution is 2.22. The molecule has 2 aromatic rings. The molecule has 0 amide bonds. The number of aromatic nitrogens is 1. The second-order valence-corrected chi connectivity index (χ2v) is 4.00. The van der Waals surface area contributed by atoms with Gasteiger partial charge in [-0.3, -0.25) is 0 Å². The Balaban J connectivity index is 2.50. The van der Waals surface area contributed by atoms with E-state index < -0.39 is 0 Å². The second-order valence-electron chi connectivity index (χ2n) is 3.18. The van der Waals surface area contributed by atoms with Crippen LogP contribution in [-0.4, -0.2) is 4.98 Å². The molecule has 0 fully saturated rings. The van der Waals surface area contributed by atoms with Crippen molar-refractivity contribution < 1.29 is 0 Å². The molecular weight excluding hydrogens is 238 g/mol. The van der Waals surface area contributed by atoms with Crippen LogP contribution in [0.2, 0.25) is 0 Å². The molecular formula is C12H10BrN. The molecule has 2 rings (SSSR count). The van der Waals surface area contributed by atoms with Crippen LogP contribution in [0.1, 0.15) is 5.56 Å². The van der Waals surface area contributed by atoms with Crippen LogP contribution in [-0.2, 0) is 0 Å². The van der Waals surface area contributed by atoms with Crippen molar-refractivity contribution in [2.75, 3.05) is 0 Å². The van der Waals surface area contributed by atoms with Crippen molar-refractivity contribution >= 4 is 15.9 Å². The Bertz CT molecular complexity index is 434. The molecule has 2 heteroatoms. The highest BCUT2D eigenvalue weighted by atomic mass is 79.9. The first-order chi connectivity index (χ1) is 6.77. The number of halogens is 1. The van der Waals surface area contributed by atoms with Gasteiger partial charge in [0.2, 0.25) is 0 Å². The number of pyridine rings is 1. The molecule has 1 aromatic carbocycles. The topological polar surface area (TPSA) is 12.9 Å². The lowest BCUT2D eigenvalue weighted by Crippen LogP contribution is -1.83. The van der Waals surface area contributed by atoms with Crippen molar-refractivity contribution in [3.05, 3.63) is 52.8 Å². The van der Waals surface area contributed by atoms with Gasteiger partial charge >= 0.3 is 0 Å². The van der Waals surface area contributed by atoms with Gasteiger partial charge in [-0.15, -0.1) is 0 Å². The Labute approximate surface area is 91.9 Å². The minimum absolute atomic E-state index is 0.870. The number of nitrogens with zero attached hydrogens (tertiary/aromatic N) is 1. The molecule has 0 saturated carbocycles. The van der Waals surface area contributed by atoms with E-state index in [2.05, 4.69) is 46.0 Å². The van der Waals surface area contributed by atoms with Crippen LogP contribution >= 0.6 is 15.9 Å². The average molecular weight is 248 g/mol. The third-order valence-electron chi connectivity index (χ3n) is 2.18. The van der Waals surface area contributed by atoms with Gasteiger partial charge in [-0.1, -0.05) is 30.3 Å². The van der Waals surface area contributed by atoms with E-state index >= 15 is 0 Å². The van der Waals surface area contributed by atoms with Crippen LogP contribution in [0, 0.1) is 6.92 Å². The van der Waals surface area contributed by atoms with E-state index in [-0.39, 0.29) is 0 Å². The molecule has 1 aromatic heterocycles. The summed E-state index contributed by atoms with van der Waals surface area (Å²) in [6.07, 6.45) is 1.88. The van der Waals surface area contributed by atoms with Crippen molar-refractivity contribution in [2.45, 2.75) is 6.92 Å². The van der Waals surface area contributed by atoms with E-state index in [0.29, 0.717) is 0 Å². The zero-order valence-corrected chi connectivity index (χ0v) is 9.45. The number of hydrogen-bond acceptors (Lipinski definition) is 1. The molecule has 0 atom stereocenters. The maximum absolute atomic E-state index is 4.21. The highest BCUT2D eigenvalue weighted by Gasteiger charge is 2.00. The standard InChI is InChI=1S/C12H10BrN/c1-9-4-2-3-5-11(9)10-6-7-12(13)14-8-10/h2-8H,1H3. The van der Waals surface area contributed by atoms with Gasteiger partial charge in [0.1, 0.15) is 4.60 Å². The number of benzene rings is 1. The molecule has 0 aliphatic carbocycles. The smallest absolute Gasteiger partial charge is 0.106 e. The van der Waals surface area contributed by atoms with Crippen LogP contribution < -0.4 is 0 Å². The molecule has 70 valence electrons. The highest BCUT2D eigenvalue weighted by molar-refractivity contribution is 9.10. The summed E-state index contributed by atoms with van der Waals surface area (Å²) in [7, 11) is 0. The summed E-state index contributed by atoms with van der Waals surface area (Å²) in [4.78, 5) is 4.21. The monoisotopic (exact) mass is 247 g/mol. The van der Waals surface area contributed by atoms with Gasteiger partial charge in [-0.25, -0.2) is 4.98 Å². The summed E-state index contributed by atoms with van der Waals surface area (Å²) in [5.41, 5.74) is 3.68. The summed E-state index contributed by atoms with van der Waals surface area (Å²) >= 11 is 3.33. The molecule has 0 bridgehead atoms. The summed E-state index contributed by atoms with van der Waals surface area (Å²) in [6.45, 7) is 2.11. The van der Waals surface area contributed by atoms with Crippen molar-refractivity contribution in [3.8, 4) is 11.1 Å². The largest absolute Gasteiger partial charge is 0.249 e. The van der Waals surface area contributed by atoms with E-state index in [0.717, 1.165) is 10.2 Å². The van der Waals surface area contributed by atoms with Gasteiger partial charge in [0, 0.05) is 11.8 Å². The third kappa shape index (κ3) is 1.85. The van der Waals surface area contributed by atoms with Gasteiger partial charge in [-0.05, 0) is 40.0 Å². The molecule has 1 heterocycles. The van der Waals surface area contributed by atoms with E-state index in [1.54, 1.807) is 0 Å². The fraction of sp³-hybridized carbons (Fsp3) is 0.0833. The third-order valence-corrected chi connectivity index (χ3v) is 2.65. The summed E-state index contributed by atoms with van der Waals surface area (Å²) < 4.78 is 0.870. The molecule has 0 saturated heterocycles. The molecule has 14 heavy (non-hydrogen) atoms. The molecule has 0 radical (unpaired) electrons. The van der Waals surface area contributed by atoms with E-state index in [9.17, 15) is 0 Å². The Morgan fingerprint density at radius 1 is 1.07 bits per heavy atom. The maximum atomic E-state index is 4.21. The Morgan fingerprint density at radius 3 is 2.50 bits per heavy atom. The second kappa shape index (κ2) is 3.93. The molecule has 0 aliphatic heterocycles. The fourth-order valence-corrected chi connectivity index (χ4v) is 1.67. The minimum atomic E-state index is 0.870. The first kappa shape index (κ1) is 9.41. The lowest BCUT2D eigenvalue weighted by atomic mass is 10.0. The van der Waals surface area contributed by atoms with Gasteiger partial charge < -0.3 is 0 Å². The maximum Gasteiger partial charge on any atom is 0.106 e. The van der Waals surface area contributed by atoms with Gasteiger partial charge in [0.25, 0.3) is 0 Å². The average Bonchev–Trinajstić information content (AvgIpc) is 2.20. The molecule has 0 spiro atoms. The number of aryl methyl sites for hydroxylation is 1. The lowest BCUT2D eigenvalue weighted by molar-refractivity contribution is 1.27. The fourth-order valence-electron chi connectivity index (χ4n) is 1.43. The van der Waals surface area contributed by atoms with E-state index in [4.69, 9.17) is 0 Å². The van der Waals surface area contributed by atoms with Crippen molar-refractivity contribution in [3.63, 3.8) is 0 Å². The van der Waals surface area contributed by atoms with E-state index in [1.165, 1.54) is 11.1 Å². The zero-order chi connectivity index (χ0) is 9.97. The van der Waals surface area contributed by atoms with Gasteiger partial charge in [0.15, 0.2) is 0 Å². The van der Waals surface area contributed by atoms with Crippen molar-refractivity contribution in [1.82, 2.24) is 4.98 Å². The zero-order valence-electron chi connectivity index (χ0n) is 7.87. The normalized spacial score (nSPS) is 10.1. The van der Waals surface area contributed by atoms with E-state index in [1.807, 2.05) is 24.4 Å². The Morgan fingerprint density at radius 2 is 1.86 bits per heavy atom. The van der Waals surface area contributed by atoms with Crippen LogP contribution in [0.15, 0.2) is 47.2 Å². The number of rotatable bonds is 1. The molecule has 1 nitrogen and oxygen atoms in total. The number of hydrogen-bond donors (Lipinski definition) is 0. The van der Waals surface area contributed by atoms with Crippen molar-refractivity contribution in [2.24, 2.45) is 0 Å². The SMILES string of the molecule is Cc1ccccc1-c1ccc(Br)nc1. The summed E-state index contributed by atoms with van der Waals surface area (Å²) in [5, 5.41) is 0. The van der Waals surface area contributed by atoms with Gasteiger partial charge in [0.05, 0.1) is 0 Å². The predicted octanol–water partition coefficient (Wildman–Crippen LogP) is 3.82. The quantitative estimate of drug-likeness (QED) is 0.699. The minimum Gasteiger partial charge on any atom is -0.249 e. The summed E-state index contributed by atoms with van der Waals surface area (Å²) in [6, 6.07) is 12.3. The molecule has 0 unspecified atom stereocenters. The van der Waals surface area contributed by atoms with Crippen molar-refractivity contribution in [1.29, 1.82) is 0 Å². The summed E-state index contributed by atoms with van der Waals surface area (Å²) in [5.74, 6) is 0. The predicted molar refractivity (Wildman–Crippen MR) is 62.1 cm³/mol. The van der Waals surface area contributed by atoms with Crippen LogP contribution in [0.5, 0.6) is 0 Å². The first-order valence-corrected chi connectivity index (χ1v) is 5.24. The Kier molecular flexibility index (Phi) is 2.64. The molecule has 0 N–H and O–H groups in total. The van der Waals surface area contributed by atoms with Gasteiger partial charge in [-0.2, -0.15) is 0 Å². The lowest BCUT2D eigenvalue weighted by Gasteiger charge is -2.04. The molecule has 0 aliphatic rings. The van der Waals surface area contributed by atoms with Crippen LogP contribution in [0.25, 0.3) is 11.1 Å². The first-order valence-electron chi connectivity index (χ1n) is 4.45. The van der Waals surface area contributed by atoms with Crippen LogP contribution in [0.4, 0.5) is 0 Å².